The van der Waals surface area contributed by atoms with E-state index in [9.17, 15) is 0 Å². The molecule has 4 bridgehead atoms. The summed E-state index contributed by atoms with van der Waals surface area (Å²) in [6.45, 7) is 0. The zero-order chi connectivity index (χ0) is 15.6. The maximum Gasteiger partial charge on any atom is 0.137 e. The number of rotatable bonds is 2. The molecule has 4 aliphatic rings. The molecule has 3 atom stereocenters. The lowest BCUT2D eigenvalue weighted by molar-refractivity contribution is -0.0718. The van der Waals surface area contributed by atoms with Crippen LogP contribution in [0.5, 0.6) is 0 Å². The van der Waals surface area contributed by atoms with Crippen LogP contribution in [0.4, 0.5) is 0 Å². The van der Waals surface area contributed by atoms with Gasteiger partial charge in [-0.2, -0.15) is 5.10 Å². The lowest BCUT2D eigenvalue weighted by Gasteiger charge is -2.61. The molecule has 4 aliphatic carbocycles. The van der Waals surface area contributed by atoms with Gasteiger partial charge in [-0.15, -0.1) is 0 Å². The van der Waals surface area contributed by atoms with Crippen molar-refractivity contribution in [2.24, 2.45) is 17.8 Å². The maximum absolute atomic E-state index is 6.62. The Morgan fingerprint density at radius 2 is 1.87 bits per heavy atom. The third kappa shape index (κ3) is 2.02. The van der Waals surface area contributed by atoms with Crippen LogP contribution in [0.1, 0.15) is 43.6 Å². The SMILES string of the molecule is Clc1ccc(C2C3CC4CC(C3)CC2(n2cncn2)C4)c(Cl)c1. The smallest absolute Gasteiger partial charge is 0.137 e. The van der Waals surface area contributed by atoms with Gasteiger partial charge in [0.15, 0.2) is 0 Å². The molecule has 0 spiro atoms. The molecule has 0 N–H and O–H groups in total. The third-order valence-corrected chi connectivity index (χ3v) is 7.01. The summed E-state index contributed by atoms with van der Waals surface area (Å²) < 4.78 is 2.15. The van der Waals surface area contributed by atoms with Crippen LogP contribution in [0.2, 0.25) is 10.0 Å². The van der Waals surface area contributed by atoms with Crippen LogP contribution in [0.15, 0.2) is 30.9 Å². The molecule has 0 amide bonds. The second-order valence-electron chi connectivity index (χ2n) is 7.69. The first-order chi connectivity index (χ1) is 11.2. The Hall–Kier alpha value is -1.06. The van der Waals surface area contributed by atoms with Gasteiger partial charge in [0.2, 0.25) is 0 Å². The maximum atomic E-state index is 6.62. The molecule has 1 heterocycles. The van der Waals surface area contributed by atoms with E-state index in [0.29, 0.717) is 16.9 Å². The lowest BCUT2D eigenvalue weighted by Crippen LogP contribution is -2.57. The Labute approximate surface area is 146 Å². The summed E-state index contributed by atoms with van der Waals surface area (Å²) >= 11 is 12.7. The van der Waals surface area contributed by atoms with E-state index in [-0.39, 0.29) is 5.54 Å². The first-order valence-corrected chi connectivity index (χ1v) is 9.21. The quantitative estimate of drug-likeness (QED) is 0.773. The van der Waals surface area contributed by atoms with Crippen molar-refractivity contribution in [3.05, 3.63) is 46.5 Å². The molecule has 0 radical (unpaired) electrons. The van der Waals surface area contributed by atoms with Crippen molar-refractivity contribution in [3.8, 4) is 0 Å². The minimum Gasteiger partial charge on any atom is -0.246 e. The Bertz CT molecular complexity index is 729. The van der Waals surface area contributed by atoms with Gasteiger partial charge in [0.25, 0.3) is 0 Å². The molecule has 0 saturated heterocycles. The molecule has 6 rings (SSSR count). The van der Waals surface area contributed by atoms with E-state index in [1.54, 1.807) is 6.33 Å². The highest BCUT2D eigenvalue weighted by Crippen LogP contribution is 2.65. The number of halogens is 2. The topological polar surface area (TPSA) is 30.7 Å². The third-order valence-electron chi connectivity index (χ3n) is 6.45. The monoisotopic (exact) mass is 347 g/mol. The number of hydrogen-bond donors (Lipinski definition) is 0. The van der Waals surface area contributed by atoms with E-state index >= 15 is 0 Å². The van der Waals surface area contributed by atoms with Gasteiger partial charge in [-0.1, -0.05) is 29.3 Å². The highest BCUT2D eigenvalue weighted by atomic mass is 35.5. The molecule has 0 aliphatic heterocycles. The predicted molar refractivity (Wildman–Crippen MR) is 90.8 cm³/mol. The summed E-state index contributed by atoms with van der Waals surface area (Å²) in [4.78, 5) is 4.24. The Morgan fingerprint density at radius 1 is 1.09 bits per heavy atom. The molecule has 4 saturated carbocycles. The van der Waals surface area contributed by atoms with Gasteiger partial charge >= 0.3 is 0 Å². The van der Waals surface area contributed by atoms with Crippen LogP contribution in [0.25, 0.3) is 0 Å². The van der Waals surface area contributed by atoms with Crippen molar-refractivity contribution >= 4 is 23.2 Å². The van der Waals surface area contributed by atoms with Gasteiger partial charge in [0.1, 0.15) is 12.7 Å². The van der Waals surface area contributed by atoms with Gasteiger partial charge in [-0.3, -0.25) is 0 Å². The molecule has 23 heavy (non-hydrogen) atoms. The summed E-state index contributed by atoms with van der Waals surface area (Å²) in [5, 5.41) is 6.07. The minimum absolute atomic E-state index is 0.0444. The van der Waals surface area contributed by atoms with Crippen molar-refractivity contribution in [1.29, 1.82) is 0 Å². The van der Waals surface area contributed by atoms with E-state index in [1.165, 1.54) is 37.7 Å². The van der Waals surface area contributed by atoms with Gasteiger partial charge in [0.05, 0.1) is 5.54 Å². The summed E-state index contributed by atoms with van der Waals surface area (Å²) in [7, 11) is 0. The largest absolute Gasteiger partial charge is 0.246 e. The normalized spacial score (nSPS) is 38.2. The van der Waals surface area contributed by atoms with Crippen molar-refractivity contribution in [3.63, 3.8) is 0 Å². The Balaban J connectivity index is 1.69. The molecule has 2 aromatic rings. The van der Waals surface area contributed by atoms with Crippen molar-refractivity contribution in [2.75, 3.05) is 0 Å². The van der Waals surface area contributed by atoms with Crippen molar-refractivity contribution < 1.29 is 0 Å². The van der Waals surface area contributed by atoms with Gasteiger partial charge in [-0.05, 0) is 67.6 Å². The summed E-state index contributed by atoms with van der Waals surface area (Å²) in [5.41, 5.74) is 1.29. The fraction of sp³-hybridized carbons (Fsp3) is 0.556. The molecule has 5 heteroatoms. The summed E-state index contributed by atoms with van der Waals surface area (Å²) in [6, 6.07) is 6.00. The fourth-order valence-electron chi connectivity index (χ4n) is 6.06. The molecule has 1 aromatic carbocycles. The van der Waals surface area contributed by atoms with Crippen molar-refractivity contribution in [1.82, 2.24) is 14.8 Å². The Kier molecular flexibility index (Phi) is 3.09. The first kappa shape index (κ1) is 14.3. The van der Waals surface area contributed by atoms with Crippen molar-refractivity contribution in [2.45, 2.75) is 43.6 Å². The second kappa shape index (κ2) is 4.97. The van der Waals surface area contributed by atoms with E-state index in [1.807, 2.05) is 18.5 Å². The minimum atomic E-state index is 0.0444. The van der Waals surface area contributed by atoms with E-state index in [0.717, 1.165) is 16.9 Å². The fourth-order valence-corrected chi connectivity index (χ4v) is 6.59. The van der Waals surface area contributed by atoms with Crippen LogP contribution in [0, 0.1) is 17.8 Å². The highest BCUT2D eigenvalue weighted by molar-refractivity contribution is 6.35. The molecule has 3 unspecified atom stereocenters. The average molecular weight is 348 g/mol. The number of benzene rings is 1. The van der Waals surface area contributed by atoms with Crippen LogP contribution in [-0.2, 0) is 5.54 Å². The standard InChI is InChI=1S/C18H19Cl2N3/c19-14-1-2-15(16(20)6-14)17-13-4-11-3-12(5-13)8-18(17,7-11)23-10-21-9-22-23/h1-2,6,9-13,17H,3-5,7-8H2. The zero-order valence-electron chi connectivity index (χ0n) is 12.8. The molecular weight excluding hydrogens is 329 g/mol. The molecule has 3 nitrogen and oxygen atoms in total. The van der Waals surface area contributed by atoms with E-state index < -0.39 is 0 Å². The van der Waals surface area contributed by atoms with Gasteiger partial charge in [-0.25, -0.2) is 9.67 Å². The zero-order valence-corrected chi connectivity index (χ0v) is 14.3. The van der Waals surface area contributed by atoms with Crippen LogP contribution >= 0.6 is 23.2 Å². The van der Waals surface area contributed by atoms with E-state index in [2.05, 4.69) is 20.8 Å². The van der Waals surface area contributed by atoms with Gasteiger partial charge < -0.3 is 0 Å². The van der Waals surface area contributed by atoms with E-state index in [4.69, 9.17) is 23.2 Å². The number of nitrogens with zero attached hydrogens (tertiary/aromatic N) is 3. The second-order valence-corrected chi connectivity index (χ2v) is 8.54. The first-order valence-electron chi connectivity index (χ1n) is 8.46. The molecular formula is C18H19Cl2N3. The van der Waals surface area contributed by atoms with Crippen LogP contribution in [0.3, 0.4) is 0 Å². The average Bonchev–Trinajstić information content (AvgIpc) is 3.03. The van der Waals surface area contributed by atoms with Crippen LogP contribution in [-0.4, -0.2) is 14.8 Å². The van der Waals surface area contributed by atoms with Gasteiger partial charge in [0, 0.05) is 16.0 Å². The summed E-state index contributed by atoms with van der Waals surface area (Å²) in [5.74, 6) is 2.78. The lowest BCUT2D eigenvalue weighted by atomic mass is 9.47. The molecule has 4 fully saturated rings. The van der Waals surface area contributed by atoms with Crippen LogP contribution < -0.4 is 0 Å². The molecule has 120 valence electrons. The highest BCUT2D eigenvalue weighted by Gasteiger charge is 2.59. The number of hydrogen-bond acceptors (Lipinski definition) is 2. The predicted octanol–water partition coefficient (Wildman–Crippen LogP) is 4.90. The summed E-state index contributed by atoms with van der Waals surface area (Å²) in [6.07, 6.45) is 10.0. The number of aromatic nitrogens is 3. The Morgan fingerprint density at radius 3 is 2.52 bits per heavy atom. The molecule has 1 aromatic heterocycles.